The highest BCUT2D eigenvalue weighted by molar-refractivity contribution is 5.93. The third kappa shape index (κ3) is 4.28. The summed E-state index contributed by atoms with van der Waals surface area (Å²) < 4.78 is 0. The van der Waals surface area contributed by atoms with Crippen molar-refractivity contribution < 1.29 is 0 Å². The van der Waals surface area contributed by atoms with E-state index in [0.29, 0.717) is 11.5 Å². The molecule has 3 rings (SSSR count). The number of nitrogens with zero attached hydrogens (tertiary/aromatic N) is 4. The van der Waals surface area contributed by atoms with E-state index in [4.69, 9.17) is 0 Å². The number of likely N-dealkylation sites (N-methyl/N-ethyl adjacent to an activating group) is 1. The largest absolute Gasteiger partial charge is 0.383 e. The van der Waals surface area contributed by atoms with E-state index in [1.165, 1.54) is 13.1 Å². The molecule has 1 N–H and O–H groups in total. The number of anilines is 1. The average Bonchev–Trinajstić information content (AvgIpc) is 2.66. The highest BCUT2D eigenvalue weighted by atomic mass is 15.3. The molecule has 0 radical (unpaired) electrons. The van der Waals surface area contributed by atoms with E-state index in [1.807, 2.05) is 24.3 Å². The van der Waals surface area contributed by atoms with Crippen LogP contribution in [0.1, 0.15) is 19.4 Å². The van der Waals surface area contributed by atoms with Gasteiger partial charge in [-0.25, -0.2) is 0 Å². The highest BCUT2D eigenvalue weighted by Gasteiger charge is 2.17. The summed E-state index contributed by atoms with van der Waals surface area (Å²) in [6, 6.07) is 10.2. The summed E-state index contributed by atoms with van der Waals surface area (Å²) in [6.07, 6.45) is 1.67. The molecular formula is C20H27N5. The Morgan fingerprint density at radius 3 is 2.64 bits per heavy atom. The number of piperazine rings is 1. The second kappa shape index (κ2) is 8.28. The van der Waals surface area contributed by atoms with Gasteiger partial charge < -0.3 is 15.1 Å². The number of benzene rings is 1. The van der Waals surface area contributed by atoms with Crippen molar-refractivity contribution in [1.29, 1.82) is 5.26 Å². The second-order valence-corrected chi connectivity index (χ2v) is 6.90. The first-order valence-corrected chi connectivity index (χ1v) is 9.17. The summed E-state index contributed by atoms with van der Waals surface area (Å²) in [5, 5.41) is 13.9. The van der Waals surface area contributed by atoms with Gasteiger partial charge in [-0.15, -0.1) is 0 Å². The van der Waals surface area contributed by atoms with Crippen LogP contribution < -0.4 is 5.32 Å². The molecular weight excluding hydrogens is 310 g/mol. The van der Waals surface area contributed by atoms with Crippen molar-refractivity contribution in [2.45, 2.75) is 13.8 Å². The fraction of sp³-hybridized carbons (Fsp3) is 0.500. The van der Waals surface area contributed by atoms with Gasteiger partial charge >= 0.3 is 0 Å². The van der Waals surface area contributed by atoms with E-state index >= 15 is 0 Å². The van der Waals surface area contributed by atoms with Crippen molar-refractivity contribution in [3.8, 4) is 6.07 Å². The molecule has 1 fully saturated rings. The Hall–Kier alpha value is -2.16. The first-order valence-electron chi connectivity index (χ1n) is 9.17. The number of pyridine rings is 1. The Balaban J connectivity index is 1.62. The summed E-state index contributed by atoms with van der Waals surface area (Å²) in [4.78, 5) is 9.42. The minimum absolute atomic E-state index is 0.520. The zero-order valence-electron chi connectivity index (χ0n) is 15.2. The second-order valence-electron chi connectivity index (χ2n) is 6.90. The molecule has 132 valence electrons. The van der Waals surface area contributed by atoms with Crippen LogP contribution >= 0.6 is 0 Å². The molecule has 0 bridgehead atoms. The molecule has 1 aliphatic heterocycles. The van der Waals surface area contributed by atoms with E-state index in [9.17, 15) is 5.26 Å². The maximum absolute atomic E-state index is 9.41. The summed E-state index contributed by atoms with van der Waals surface area (Å²) in [5.74, 6) is 0.520. The third-order valence-corrected chi connectivity index (χ3v) is 5.01. The van der Waals surface area contributed by atoms with Gasteiger partial charge in [0.25, 0.3) is 0 Å². The van der Waals surface area contributed by atoms with E-state index in [0.717, 1.165) is 49.3 Å². The van der Waals surface area contributed by atoms with Crippen LogP contribution in [0.4, 0.5) is 5.69 Å². The van der Waals surface area contributed by atoms with E-state index in [2.05, 4.69) is 40.0 Å². The highest BCUT2D eigenvalue weighted by Crippen LogP contribution is 2.25. The predicted octanol–water partition coefficient (Wildman–Crippen LogP) is 2.79. The molecule has 5 nitrogen and oxygen atoms in total. The molecule has 0 spiro atoms. The lowest BCUT2D eigenvalue weighted by atomic mass is 10.1. The molecule has 0 unspecified atom stereocenters. The number of rotatable bonds is 6. The number of aromatic nitrogens is 1. The Kier molecular flexibility index (Phi) is 5.85. The van der Waals surface area contributed by atoms with Crippen molar-refractivity contribution in [1.82, 2.24) is 14.8 Å². The number of nitrogens with one attached hydrogen (secondary N) is 1. The van der Waals surface area contributed by atoms with Gasteiger partial charge in [0.1, 0.15) is 6.07 Å². The van der Waals surface area contributed by atoms with Crippen LogP contribution in [0.5, 0.6) is 0 Å². The molecule has 1 aromatic heterocycles. The van der Waals surface area contributed by atoms with Gasteiger partial charge in [-0.05, 0) is 18.5 Å². The van der Waals surface area contributed by atoms with Gasteiger partial charge in [-0.1, -0.05) is 32.0 Å². The molecule has 1 aliphatic rings. The molecule has 0 saturated carbocycles. The number of hydrogen-bond donors (Lipinski definition) is 1. The van der Waals surface area contributed by atoms with Crippen LogP contribution in [-0.2, 0) is 0 Å². The van der Waals surface area contributed by atoms with Crippen LogP contribution in [0, 0.1) is 17.2 Å². The SMILES string of the molecule is CCN1CCN(C[C@@H](C)CNc2c(C#N)cnc3ccccc23)CC1. The molecule has 0 aliphatic carbocycles. The van der Waals surface area contributed by atoms with Crippen molar-refractivity contribution in [2.24, 2.45) is 5.92 Å². The molecule has 25 heavy (non-hydrogen) atoms. The molecule has 1 saturated heterocycles. The van der Waals surface area contributed by atoms with Crippen molar-refractivity contribution >= 4 is 16.6 Å². The van der Waals surface area contributed by atoms with Crippen molar-refractivity contribution in [3.05, 3.63) is 36.0 Å². The Morgan fingerprint density at radius 2 is 1.92 bits per heavy atom. The number of hydrogen-bond acceptors (Lipinski definition) is 5. The van der Waals surface area contributed by atoms with Crippen molar-refractivity contribution in [3.63, 3.8) is 0 Å². The lowest BCUT2D eigenvalue weighted by Gasteiger charge is -2.35. The Labute approximate surface area is 150 Å². The standard InChI is InChI=1S/C20H27N5/c1-3-24-8-10-25(11-9-24)15-16(2)13-23-20-17(12-21)14-22-19-7-5-4-6-18(19)20/h4-7,14,16H,3,8-11,13,15H2,1-2H3,(H,22,23)/t16-/m0/s1. The van der Waals surface area contributed by atoms with Crippen LogP contribution in [0.25, 0.3) is 10.9 Å². The Bertz CT molecular complexity index is 743. The molecule has 5 heteroatoms. The molecule has 1 aromatic carbocycles. The minimum atomic E-state index is 0.520. The van der Waals surface area contributed by atoms with E-state index in [1.54, 1.807) is 6.20 Å². The normalized spacial score (nSPS) is 17.3. The lowest BCUT2D eigenvalue weighted by molar-refractivity contribution is 0.126. The fourth-order valence-electron chi connectivity index (χ4n) is 3.49. The first-order chi connectivity index (χ1) is 12.2. The topological polar surface area (TPSA) is 55.2 Å². The predicted molar refractivity (Wildman–Crippen MR) is 103 cm³/mol. The summed E-state index contributed by atoms with van der Waals surface area (Å²) in [6.45, 7) is 12.2. The van der Waals surface area contributed by atoms with E-state index < -0.39 is 0 Å². The van der Waals surface area contributed by atoms with Crippen LogP contribution in [-0.4, -0.2) is 60.6 Å². The van der Waals surface area contributed by atoms with Gasteiger partial charge in [0.2, 0.25) is 0 Å². The maximum Gasteiger partial charge on any atom is 0.103 e. The third-order valence-electron chi connectivity index (χ3n) is 5.01. The van der Waals surface area contributed by atoms with Gasteiger partial charge in [0, 0.05) is 50.9 Å². The summed E-state index contributed by atoms with van der Waals surface area (Å²) in [5.41, 5.74) is 2.45. The minimum Gasteiger partial charge on any atom is -0.383 e. The molecule has 2 heterocycles. The lowest BCUT2D eigenvalue weighted by Crippen LogP contribution is -2.47. The first kappa shape index (κ1) is 17.7. The molecule has 2 aromatic rings. The van der Waals surface area contributed by atoms with Crippen molar-refractivity contribution in [2.75, 3.05) is 51.1 Å². The smallest absolute Gasteiger partial charge is 0.103 e. The summed E-state index contributed by atoms with van der Waals surface area (Å²) in [7, 11) is 0. The zero-order valence-corrected chi connectivity index (χ0v) is 15.2. The quantitative estimate of drug-likeness (QED) is 0.878. The number of para-hydroxylation sites is 1. The van der Waals surface area contributed by atoms with Gasteiger partial charge in [0.15, 0.2) is 0 Å². The maximum atomic E-state index is 9.41. The molecule has 1 atom stereocenters. The number of nitriles is 1. The Morgan fingerprint density at radius 1 is 1.20 bits per heavy atom. The summed E-state index contributed by atoms with van der Waals surface area (Å²) >= 11 is 0. The number of fused-ring (bicyclic) bond motifs is 1. The van der Waals surface area contributed by atoms with Crippen LogP contribution in [0.15, 0.2) is 30.5 Å². The van der Waals surface area contributed by atoms with Gasteiger partial charge in [-0.3, -0.25) is 4.98 Å². The molecule has 0 amide bonds. The van der Waals surface area contributed by atoms with E-state index in [-0.39, 0.29) is 0 Å². The zero-order chi connectivity index (χ0) is 17.6. The van der Waals surface area contributed by atoms with Gasteiger partial charge in [-0.2, -0.15) is 5.26 Å². The monoisotopic (exact) mass is 337 g/mol. The fourth-order valence-corrected chi connectivity index (χ4v) is 3.49. The van der Waals surface area contributed by atoms with Crippen LogP contribution in [0.3, 0.4) is 0 Å². The average molecular weight is 337 g/mol. The van der Waals surface area contributed by atoms with Gasteiger partial charge in [0.05, 0.1) is 16.8 Å². The van der Waals surface area contributed by atoms with Crippen LogP contribution in [0.2, 0.25) is 0 Å².